The van der Waals surface area contributed by atoms with E-state index in [0.717, 1.165) is 43.5 Å². The molecule has 188 valence electrons. The van der Waals surface area contributed by atoms with Crippen LogP contribution in [0.2, 0.25) is 5.02 Å². The molecule has 1 aliphatic rings. The molecule has 0 aliphatic heterocycles. The molecule has 0 atom stereocenters. The molecule has 0 unspecified atom stereocenters. The molecule has 1 fully saturated rings. The molecular weight excluding hydrogens is 464 g/mol. The third-order valence-electron chi connectivity index (χ3n) is 7.42. The number of rotatable bonds is 7. The van der Waals surface area contributed by atoms with E-state index in [2.05, 4.69) is 46.2 Å². The number of carbonyl (C=O) groups excluding carboxylic acids is 1. The second kappa shape index (κ2) is 10.4. The Bertz CT molecular complexity index is 1270. The summed E-state index contributed by atoms with van der Waals surface area (Å²) in [5, 5.41) is 7.69. The van der Waals surface area contributed by atoms with Crippen molar-refractivity contribution >= 4 is 28.8 Å². The number of aromatic amines is 1. The van der Waals surface area contributed by atoms with Crippen LogP contribution in [0.25, 0.3) is 5.65 Å². The molecule has 9 heteroatoms. The van der Waals surface area contributed by atoms with Gasteiger partial charge in [0.1, 0.15) is 5.65 Å². The van der Waals surface area contributed by atoms with Gasteiger partial charge >= 0.3 is 0 Å². The summed E-state index contributed by atoms with van der Waals surface area (Å²) < 4.78 is 1.66. The Hall–Kier alpha value is -2.84. The highest BCUT2D eigenvalue weighted by atomic mass is 35.5. The topological polar surface area (TPSA) is 85.7 Å². The second-order valence-corrected chi connectivity index (χ2v) is 10.1. The number of H-pyrrole nitrogens is 1. The van der Waals surface area contributed by atoms with Gasteiger partial charge in [0, 0.05) is 41.0 Å². The van der Waals surface area contributed by atoms with Crippen LogP contribution >= 0.6 is 11.6 Å². The van der Waals surface area contributed by atoms with Gasteiger partial charge in [-0.25, -0.2) is 4.52 Å². The van der Waals surface area contributed by atoms with Crippen molar-refractivity contribution in [3.05, 3.63) is 62.2 Å². The Labute approximate surface area is 211 Å². The van der Waals surface area contributed by atoms with Crippen molar-refractivity contribution in [1.82, 2.24) is 24.8 Å². The van der Waals surface area contributed by atoms with Gasteiger partial charge in [0.05, 0.1) is 24.0 Å². The third-order valence-corrected chi connectivity index (χ3v) is 7.63. The van der Waals surface area contributed by atoms with Gasteiger partial charge in [-0.15, -0.1) is 0 Å². The predicted molar refractivity (Wildman–Crippen MR) is 141 cm³/mol. The lowest BCUT2D eigenvalue weighted by molar-refractivity contribution is 0.0950. The summed E-state index contributed by atoms with van der Waals surface area (Å²) in [5.41, 5.74) is 4.00. The van der Waals surface area contributed by atoms with Gasteiger partial charge in [0.2, 0.25) is 0 Å². The van der Waals surface area contributed by atoms with E-state index >= 15 is 0 Å². The summed E-state index contributed by atoms with van der Waals surface area (Å²) in [6.07, 6.45) is 6.18. The van der Waals surface area contributed by atoms with Crippen molar-refractivity contribution < 1.29 is 4.79 Å². The Morgan fingerprint density at radius 2 is 1.89 bits per heavy atom. The third kappa shape index (κ3) is 5.09. The lowest BCUT2D eigenvalue weighted by Gasteiger charge is -2.40. The number of anilines is 1. The van der Waals surface area contributed by atoms with Crippen LogP contribution in [0.5, 0.6) is 0 Å². The number of hydrogen-bond donors (Lipinski definition) is 2. The Morgan fingerprint density at radius 1 is 1.20 bits per heavy atom. The molecule has 1 aromatic carbocycles. The first-order valence-corrected chi connectivity index (χ1v) is 12.7. The molecule has 0 bridgehead atoms. The summed E-state index contributed by atoms with van der Waals surface area (Å²) in [7, 11) is 4.30. The lowest BCUT2D eigenvalue weighted by Crippen LogP contribution is -2.42. The number of aryl methyl sites for hydroxylation is 1. The number of amides is 1. The smallest absolute Gasteiger partial charge is 0.256 e. The van der Waals surface area contributed by atoms with Crippen molar-refractivity contribution in [2.24, 2.45) is 0 Å². The van der Waals surface area contributed by atoms with Gasteiger partial charge in [-0.05, 0) is 78.2 Å². The van der Waals surface area contributed by atoms with Crippen LogP contribution in [0.4, 0.5) is 5.69 Å². The number of fused-ring (bicyclic) bond motifs is 1. The first-order chi connectivity index (χ1) is 16.7. The monoisotopic (exact) mass is 498 g/mol. The summed E-state index contributed by atoms with van der Waals surface area (Å²) >= 11 is 6.51. The van der Waals surface area contributed by atoms with Crippen molar-refractivity contribution in [3.63, 3.8) is 0 Å². The van der Waals surface area contributed by atoms with Crippen molar-refractivity contribution in [1.29, 1.82) is 0 Å². The van der Waals surface area contributed by atoms with E-state index in [9.17, 15) is 9.59 Å². The minimum Gasteiger partial charge on any atom is -0.369 e. The zero-order valence-electron chi connectivity index (χ0n) is 21.2. The van der Waals surface area contributed by atoms with Gasteiger partial charge in [-0.1, -0.05) is 11.6 Å². The molecule has 1 aliphatic carbocycles. The van der Waals surface area contributed by atoms with Gasteiger partial charge in [0.25, 0.3) is 11.5 Å². The summed E-state index contributed by atoms with van der Waals surface area (Å²) in [5.74, 6) is -0.252. The highest BCUT2D eigenvalue weighted by Crippen LogP contribution is 2.34. The number of nitrogens with one attached hydrogen (secondary N) is 2. The molecule has 0 radical (unpaired) electrons. The quantitative estimate of drug-likeness (QED) is 0.515. The second-order valence-electron chi connectivity index (χ2n) is 9.64. The molecule has 8 nitrogen and oxygen atoms in total. The number of aromatic nitrogens is 3. The molecule has 35 heavy (non-hydrogen) atoms. The molecular formula is C26H35ClN6O2. The standard InChI is InChI=1S/C26H35ClN6O2/c1-6-32(20-9-7-19(8-10-20)31(4)5)23-14-18(27)13-21(16(23)2)25(34)28-15-22-17(3)33-24(11-12-29-33)30-26(22)35/h11-14,19-20H,6-10,15H2,1-5H3,(H,28,34)(H,30,35). The van der Waals surface area contributed by atoms with Gasteiger partial charge in [0.15, 0.2) is 0 Å². The molecule has 2 aromatic heterocycles. The summed E-state index contributed by atoms with van der Waals surface area (Å²) in [6.45, 7) is 6.89. The predicted octanol–water partition coefficient (Wildman–Crippen LogP) is 3.92. The normalized spacial score (nSPS) is 18.3. The van der Waals surface area contributed by atoms with E-state index in [1.54, 1.807) is 22.8 Å². The van der Waals surface area contributed by atoms with E-state index < -0.39 is 0 Å². The largest absolute Gasteiger partial charge is 0.369 e. The van der Waals surface area contributed by atoms with Crippen LogP contribution in [0.1, 0.15) is 59.8 Å². The van der Waals surface area contributed by atoms with E-state index in [0.29, 0.717) is 39.6 Å². The molecule has 1 saturated carbocycles. The number of benzene rings is 1. The zero-order valence-corrected chi connectivity index (χ0v) is 21.9. The number of halogens is 1. The maximum atomic E-state index is 13.3. The highest BCUT2D eigenvalue weighted by Gasteiger charge is 2.28. The summed E-state index contributed by atoms with van der Waals surface area (Å²) in [6, 6.07) is 6.46. The molecule has 4 rings (SSSR count). The Balaban J connectivity index is 1.55. The number of nitrogens with zero attached hydrogens (tertiary/aromatic N) is 4. The van der Waals surface area contributed by atoms with Gasteiger partial charge < -0.3 is 20.1 Å². The van der Waals surface area contributed by atoms with Crippen LogP contribution in [0, 0.1) is 13.8 Å². The Kier molecular flexibility index (Phi) is 7.52. The summed E-state index contributed by atoms with van der Waals surface area (Å²) in [4.78, 5) is 33.3. The number of hydrogen-bond acceptors (Lipinski definition) is 5. The fourth-order valence-corrected chi connectivity index (χ4v) is 5.54. The molecule has 2 N–H and O–H groups in total. The first kappa shape index (κ1) is 25.3. The average Bonchev–Trinajstić information content (AvgIpc) is 3.30. The SMILES string of the molecule is CCN(c1cc(Cl)cc(C(=O)NCc2c(C)n3nccc3[nH]c2=O)c1C)C1CCC(N(C)C)CC1. The van der Waals surface area contributed by atoms with Gasteiger partial charge in [-0.3, -0.25) is 9.59 Å². The van der Waals surface area contributed by atoms with E-state index in [-0.39, 0.29) is 18.0 Å². The van der Waals surface area contributed by atoms with E-state index in [4.69, 9.17) is 11.6 Å². The Morgan fingerprint density at radius 3 is 2.54 bits per heavy atom. The highest BCUT2D eigenvalue weighted by molar-refractivity contribution is 6.31. The van der Waals surface area contributed by atoms with Crippen LogP contribution in [0.15, 0.2) is 29.2 Å². The minimum absolute atomic E-state index is 0.100. The molecule has 2 heterocycles. The maximum absolute atomic E-state index is 13.3. The fraction of sp³-hybridized carbons (Fsp3) is 0.500. The number of carbonyl (C=O) groups is 1. The van der Waals surface area contributed by atoms with Crippen LogP contribution < -0.4 is 15.8 Å². The zero-order chi connectivity index (χ0) is 25.3. The van der Waals surface area contributed by atoms with E-state index in [1.807, 2.05) is 19.9 Å². The van der Waals surface area contributed by atoms with Gasteiger partial charge in [-0.2, -0.15) is 5.10 Å². The van der Waals surface area contributed by atoms with Crippen molar-refractivity contribution in [2.45, 2.75) is 65.1 Å². The van der Waals surface area contributed by atoms with Crippen molar-refractivity contribution in [3.8, 4) is 0 Å². The van der Waals surface area contributed by atoms with E-state index in [1.165, 1.54) is 0 Å². The first-order valence-electron chi connectivity index (χ1n) is 12.3. The minimum atomic E-state index is -0.252. The van der Waals surface area contributed by atoms with Crippen molar-refractivity contribution in [2.75, 3.05) is 25.5 Å². The fourth-order valence-electron chi connectivity index (χ4n) is 5.33. The molecule has 3 aromatic rings. The van der Waals surface area contributed by atoms with Crippen LogP contribution in [-0.4, -0.2) is 58.1 Å². The van der Waals surface area contributed by atoms with Crippen LogP contribution in [0.3, 0.4) is 0 Å². The lowest BCUT2D eigenvalue weighted by atomic mass is 9.89. The molecule has 0 saturated heterocycles. The molecule has 1 amide bonds. The average molecular weight is 499 g/mol. The maximum Gasteiger partial charge on any atom is 0.256 e. The molecule has 0 spiro atoms. The van der Waals surface area contributed by atoms with Crippen LogP contribution in [-0.2, 0) is 6.54 Å².